The molecule has 0 bridgehead atoms. The minimum atomic E-state index is -4.81. The molecule has 30 heavy (non-hydrogen) atoms. The number of carbonyl (C=O) groups excluding carboxylic acids is 1. The normalized spacial score (nSPS) is 13.9. The Balaban J connectivity index is 1.55. The monoisotopic (exact) mass is 480 g/mol. The summed E-state index contributed by atoms with van der Waals surface area (Å²) in [6, 6.07) is 13.1. The van der Waals surface area contributed by atoms with Crippen molar-refractivity contribution in [2.75, 3.05) is 0 Å². The molecule has 1 saturated carbocycles. The molecule has 3 aromatic rings. The van der Waals surface area contributed by atoms with E-state index >= 15 is 0 Å². The summed E-state index contributed by atoms with van der Waals surface area (Å²) in [6.07, 6.45) is -2.97. The smallest absolute Gasteiger partial charge is 0.405 e. The van der Waals surface area contributed by atoms with E-state index in [-0.39, 0.29) is 29.5 Å². The SMILES string of the molecule is O=C(NCc1ccccc1OC(F)(F)F)c1nnn(-c2ccc(Br)cc2)c1C1CC1. The second-order valence-electron chi connectivity index (χ2n) is 6.82. The zero-order valence-corrected chi connectivity index (χ0v) is 17.1. The first kappa shape index (κ1) is 20.4. The lowest BCUT2D eigenvalue weighted by Gasteiger charge is -2.13. The highest BCUT2D eigenvalue weighted by atomic mass is 79.9. The van der Waals surface area contributed by atoms with Crippen molar-refractivity contribution in [2.45, 2.75) is 31.7 Å². The summed E-state index contributed by atoms with van der Waals surface area (Å²) in [4.78, 5) is 12.8. The lowest BCUT2D eigenvalue weighted by atomic mass is 10.1. The summed E-state index contributed by atoms with van der Waals surface area (Å²) in [7, 11) is 0. The van der Waals surface area contributed by atoms with Crippen molar-refractivity contribution in [3.63, 3.8) is 0 Å². The molecule has 0 unspecified atom stereocenters. The van der Waals surface area contributed by atoms with Gasteiger partial charge in [-0.1, -0.05) is 39.3 Å². The third-order valence-corrected chi connectivity index (χ3v) is 5.12. The van der Waals surface area contributed by atoms with Gasteiger partial charge in [-0.3, -0.25) is 4.79 Å². The van der Waals surface area contributed by atoms with Crippen molar-refractivity contribution in [1.29, 1.82) is 0 Å². The van der Waals surface area contributed by atoms with Crippen LogP contribution in [-0.2, 0) is 6.54 Å². The van der Waals surface area contributed by atoms with E-state index in [9.17, 15) is 18.0 Å². The molecule has 1 N–H and O–H groups in total. The van der Waals surface area contributed by atoms with E-state index in [1.54, 1.807) is 10.7 Å². The van der Waals surface area contributed by atoms with E-state index in [1.807, 2.05) is 24.3 Å². The number of aromatic nitrogens is 3. The van der Waals surface area contributed by atoms with Gasteiger partial charge in [0, 0.05) is 22.5 Å². The van der Waals surface area contributed by atoms with Gasteiger partial charge in [0.15, 0.2) is 5.69 Å². The summed E-state index contributed by atoms with van der Waals surface area (Å²) in [5.41, 5.74) is 1.86. The van der Waals surface area contributed by atoms with Gasteiger partial charge < -0.3 is 10.1 Å². The molecule has 4 rings (SSSR count). The van der Waals surface area contributed by atoms with Gasteiger partial charge in [0.25, 0.3) is 5.91 Å². The fraction of sp³-hybridized carbons (Fsp3) is 0.250. The van der Waals surface area contributed by atoms with Gasteiger partial charge in [0.1, 0.15) is 5.75 Å². The zero-order chi connectivity index (χ0) is 21.3. The molecule has 0 atom stereocenters. The predicted molar refractivity (Wildman–Crippen MR) is 105 cm³/mol. The third kappa shape index (κ3) is 4.64. The number of halogens is 4. The number of para-hydroxylation sites is 1. The average Bonchev–Trinajstić information content (AvgIpc) is 3.44. The van der Waals surface area contributed by atoms with Gasteiger partial charge >= 0.3 is 6.36 Å². The molecule has 10 heteroatoms. The molecule has 156 valence electrons. The summed E-state index contributed by atoms with van der Waals surface area (Å²) in [5.74, 6) is -0.682. The van der Waals surface area contributed by atoms with Crippen LogP contribution in [0.4, 0.5) is 13.2 Å². The summed E-state index contributed by atoms with van der Waals surface area (Å²) < 4.78 is 44.3. The Morgan fingerprint density at radius 1 is 1.17 bits per heavy atom. The molecule has 2 aromatic carbocycles. The number of hydrogen-bond donors (Lipinski definition) is 1. The fourth-order valence-corrected chi connectivity index (χ4v) is 3.34. The van der Waals surface area contributed by atoms with E-state index in [0.717, 1.165) is 23.0 Å². The molecule has 1 amide bonds. The molecule has 0 radical (unpaired) electrons. The van der Waals surface area contributed by atoms with Crippen molar-refractivity contribution in [3.8, 4) is 11.4 Å². The van der Waals surface area contributed by atoms with Crippen molar-refractivity contribution < 1.29 is 22.7 Å². The quantitative estimate of drug-likeness (QED) is 0.553. The maximum Gasteiger partial charge on any atom is 0.573 e. The highest BCUT2D eigenvalue weighted by molar-refractivity contribution is 9.10. The van der Waals surface area contributed by atoms with Crippen molar-refractivity contribution in [3.05, 3.63) is 70.0 Å². The average molecular weight is 481 g/mol. The van der Waals surface area contributed by atoms with Gasteiger partial charge in [-0.25, -0.2) is 4.68 Å². The molecular weight excluding hydrogens is 465 g/mol. The Morgan fingerprint density at radius 3 is 2.53 bits per heavy atom. The maximum atomic E-state index is 12.8. The first-order valence-corrected chi connectivity index (χ1v) is 9.94. The summed E-state index contributed by atoms with van der Waals surface area (Å²) >= 11 is 3.38. The van der Waals surface area contributed by atoms with Gasteiger partial charge in [-0.05, 0) is 43.2 Å². The second kappa shape index (κ2) is 8.10. The minimum Gasteiger partial charge on any atom is -0.405 e. The molecule has 0 saturated heterocycles. The number of carbonyl (C=O) groups is 1. The van der Waals surface area contributed by atoms with Crippen LogP contribution in [0.1, 0.15) is 40.5 Å². The molecule has 1 aliphatic rings. The van der Waals surface area contributed by atoms with Crippen LogP contribution in [0.3, 0.4) is 0 Å². The number of hydrogen-bond acceptors (Lipinski definition) is 4. The molecule has 1 aromatic heterocycles. The van der Waals surface area contributed by atoms with Gasteiger partial charge in [-0.15, -0.1) is 18.3 Å². The van der Waals surface area contributed by atoms with E-state index in [2.05, 4.69) is 36.3 Å². The van der Waals surface area contributed by atoms with E-state index in [4.69, 9.17) is 0 Å². The Labute approximate surface area is 178 Å². The Hall–Kier alpha value is -2.88. The molecule has 1 fully saturated rings. The highest BCUT2D eigenvalue weighted by Gasteiger charge is 2.35. The minimum absolute atomic E-state index is 0.139. The fourth-order valence-electron chi connectivity index (χ4n) is 3.08. The maximum absolute atomic E-state index is 12.8. The number of nitrogens with zero attached hydrogens (tertiary/aromatic N) is 3. The van der Waals surface area contributed by atoms with Crippen molar-refractivity contribution in [1.82, 2.24) is 20.3 Å². The van der Waals surface area contributed by atoms with Gasteiger partial charge in [-0.2, -0.15) is 0 Å². The molecular formula is C20H16BrF3N4O2. The van der Waals surface area contributed by atoms with Crippen molar-refractivity contribution in [2.24, 2.45) is 0 Å². The Kier molecular flexibility index (Phi) is 5.50. The summed E-state index contributed by atoms with van der Waals surface area (Å²) in [5, 5.41) is 10.8. The van der Waals surface area contributed by atoms with E-state index < -0.39 is 12.3 Å². The molecule has 6 nitrogen and oxygen atoms in total. The molecule has 1 heterocycles. The van der Waals surface area contributed by atoms with Crippen LogP contribution in [0.2, 0.25) is 0 Å². The first-order chi connectivity index (χ1) is 14.3. The summed E-state index contributed by atoms with van der Waals surface area (Å²) in [6.45, 7) is -0.139. The second-order valence-corrected chi connectivity index (χ2v) is 7.74. The number of alkyl halides is 3. The molecule has 1 aliphatic carbocycles. The van der Waals surface area contributed by atoms with Crippen LogP contribution in [0.15, 0.2) is 53.0 Å². The Bertz CT molecular complexity index is 1060. The van der Waals surface area contributed by atoms with E-state index in [0.29, 0.717) is 5.69 Å². The third-order valence-electron chi connectivity index (χ3n) is 4.59. The van der Waals surface area contributed by atoms with Crippen LogP contribution in [0.5, 0.6) is 5.75 Å². The standard InChI is InChI=1S/C20H16BrF3N4O2/c21-14-7-9-15(10-8-14)28-18(12-5-6-12)17(26-27-28)19(29)25-11-13-3-1-2-4-16(13)30-20(22,23)24/h1-4,7-10,12H,5-6,11H2,(H,25,29). The number of amides is 1. The van der Waals surface area contributed by atoms with E-state index in [1.165, 1.54) is 18.2 Å². The number of nitrogens with one attached hydrogen (secondary N) is 1. The topological polar surface area (TPSA) is 69.0 Å². The van der Waals surface area contributed by atoms with Crippen LogP contribution < -0.4 is 10.1 Å². The highest BCUT2D eigenvalue weighted by Crippen LogP contribution is 2.42. The molecule has 0 spiro atoms. The van der Waals surface area contributed by atoms with Crippen LogP contribution in [0.25, 0.3) is 5.69 Å². The predicted octanol–water partition coefficient (Wildman–Crippen LogP) is 4.74. The van der Waals surface area contributed by atoms with Crippen molar-refractivity contribution >= 4 is 21.8 Å². The number of ether oxygens (including phenoxy) is 1. The number of rotatable bonds is 6. The molecule has 0 aliphatic heterocycles. The Morgan fingerprint density at radius 2 is 1.87 bits per heavy atom. The van der Waals surface area contributed by atoms with Crippen LogP contribution in [-0.4, -0.2) is 27.3 Å². The largest absolute Gasteiger partial charge is 0.573 e. The van der Waals surface area contributed by atoms with Crippen LogP contribution >= 0.6 is 15.9 Å². The first-order valence-electron chi connectivity index (χ1n) is 9.15. The lowest BCUT2D eigenvalue weighted by Crippen LogP contribution is -2.25. The van der Waals surface area contributed by atoms with Gasteiger partial charge in [0.2, 0.25) is 0 Å². The number of benzene rings is 2. The zero-order valence-electron chi connectivity index (χ0n) is 15.5. The van der Waals surface area contributed by atoms with Crippen LogP contribution in [0, 0.1) is 0 Å². The van der Waals surface area contributed by atoms with Gasteiger partial charge in [0.05, 0.1) is 11.4 Å². The lowest BCUT2D eigenvalue weighted by molar-refractivity contribution is -0.274.